The molecule has 1 aliphatic carbocycles. The third-order valence-electron chi connectivity index (χ3n) is 5.07. The second kappa shape index (κ2) is 7.64. The molecule has 5 nitrogen and oxygen atoms in total. The molecule has 0 saturated heterocycles. The molecule has 27 heavy (non-hydrogen) atoms. The van der Waals surface area contributed by atoms with E-state index in [9.17, 15) is 4.39 Å². The van der Waals surface area contributed by atoms with Crippen LogP contribution >= 0.6 is 0 Å². The molecule has 0 fully saturated rings. The molecule has 1 N–H and O–H groups in total. The van der Waals surface area contributed by atoms with Gasteiger partial charge >= 0.3 is 0 Å². The highest BCUT2D eigenvalue weighted by Crippen LogP contribution is 2.30. The lowest BCUT2D eigenvalue weighted by Crippen LogP contribution is -2.19. The highest BCUT2D eigenvalue weighted by Gasteiger charge is 2.20. The smallest absolute Gasteiger partial charge is 0.158 e. The van der Waals surface area contributed by atoms with Crippen LogP contribution in [0.3, 0.4) is 0 Å². The predicted molar refractivity (Wildman–Crippen MR) is 107 cm³/mol. The molecule has 0 radical (unpaired) electrons. The number of rotatable bonds is 6. The average Bonchev–Trinajstić information content (AvgIpc) is 3.08. The normalized spacial score (nSPS) is 13.9. The Morgan fingerprint density at radius 2 is 2.04 bits per heavy atom. The maximum Gasteiger partial charge on any atom is 0.158 e. The first-order valence-corrected chi connectivity index (χ1v) is 9.68. The van der Waals surface area contributed by atoms with Crippen LogP contribution in [0.2, 0.25) is 0 Å². The summed E-state index contributed by atoms with van der Waals surface area (Å²) in [4.78, 5) is 7.05. The lowest BCUT2D eigenvalue weighted by atomic mass is 9.96. The quantitative estimate of drug-likeness (QED) is 0.674. The standard InChI is InChI=1S/C21H26FN5/c1-26(2)12-6-11-23-21-17-9-3-4-10-18(17)24-20-14-19(25-27(20)21)15-7-5-8-16(22)13-15/h5,7-8,13-14,23H,3-4,6,9-12H2,1-2H3. The number of aromatic nitrogens is 3. The minimum Gasteiger partial charge on any atom is -0.370 e. The number of fused-ring (bicyclic) bond motifs is 2. The molecule has 4 rings (SSSR count). The van der Waals surface area contributed by atoms with Crippen LogP contribution in [0, 0.1) is 5.82 Å². The summed E-state index contributed by atoms with van der Waals surface area (Å²) >= 11 is 0. The molecule has 6 heteroatoms. The summed E-state index contributed by atoms with van der Waals surface area (Å²) < 4.78 is 15.5. The molecule has 1 aromatic carbocycles. The lowest BCUT2D eigenvalue weighted by Gasteiger charge is -2.20. The largest absolute Gasteiger partial charge is 0.370 e. The highest BCUT2D eigenvalue weighted by molar-refractivity contribution is 5.67. The molecule has 0 unspecified atom stereocenters. The third kappa shape index (κ3) is 3.81. The molecule has 142 valence electrons. The number of anilines is 1. The molecular weight excluding hydrogens is 341 g/mol. The summed E-state index contributed by atoms with van der Waals surface area (Å²) in [6.45, 7) is 1.93. The van der Waals surface area contributed by atoms with Crippen LogP contribution in [0.5, 0.6) is 0 Å². The van der Waals surface area contributed by atoms with Crippen molar-refractivity contribution in [1.82, 2.24) is 19.5 Å². The highest BCUT2D eigenvalue weighted by atomic mass is 19.1. The van der Waals surface area contributed by atoms with E-state index in [-0.39, 0.29) is 5.82 Å². The van der Waals surface area contributed by atoms with Crippen LogP contribution in [0.4, 0.5) is 10.2 Å². The Labute approximate surface area is 159 Å². The van der Waals surface area contributed by atoms with Gasteiger partial charge in [-0.15, -0.1) is 0 Å². The van der Waals surface area contributed by atoms with E-state index in [1.54, 1.807) is 6.07 Å². The number of aryl methyl sites for hydroxylation is 1. The summed E-state index contributed by atoms with van der Waals surface area (Å²) in [5.74, 6) is 0.801. The zero-order chi connectivity index (χ0) is 18.8. The van der Waals surface area contributed by atoms with Gasteiger partial charge in [0.05, 0.1) is 5.69 Å². The van der Waals surface area contributed by atoms with E-state index < -0.39 is 0 Å². The fourth-order valence-corrected chi connectivity index (χ4v) is 3.72. The zero-order valence-corrected chi connectivity index (χ0v) is 16.0. The topological polar surface area (TPSA) is 45.5 Å². The van der Waals surface area contributed by atoms with Crippen molar-refractivity contribution in [1.29, 1.82) is 0 Å². The first-order chi connectivity index (χ1) is 13.1. The van der Waals surface area contributed by atoms with Gasteiger partial charge in [0.2, 0.25) is 0 Å². The Balaban J connectivity index is 1.73. The summed E-state index contributed by atoms with van der Waals surface area (Å²) in [5, 5.41) is 8.37. The van der Waals surface area contributed by atoms with Gasteiger partial charge in [-0.3, -0.25) is 0 Å². The lowest BCUT2D eigenvalue weighted by molar-refractivity contribution is 0.405. The second-order valence-corrected chi connectivity index (χ2v) is 7.49. The van der Waals surface area contributed by atoms with Crippen LogP contribution in [0.25, 0.3) is 16.9 Å². The van der Waals surface area contributed by atoms with Crippen molar-refractivity contribution in [3.05, 3.63) is 47.4 Å². The van der Waals surface area contributed by atoms with Gasteiger partial charge in [0.1, 0.15) is 11.6 Å². The van der Waals surface area contributed by atoms with E-state index in [2.05, 4.69) is 24.3 Å². The van der Waals surface area contributed by atoms with E-state index in [0.29, 0.717) is 0 Å². The predicted octanol–water partition coefficient (Wildman–Crippen LogP) is 3.78. The van der Waals surface area contributed by atoms with Gasteiger partial charge < -0.3 is 10.2 Å². The maximum absolute atomic E-state index is 13.6. The Morgan fingerprint density at radius 3 is 2.85 bits per heavy atom. The first-order valence-electron chi connectivity index (χ1n) is 9.68. The number of nitrogens with one attached hydrogen (secondary N) is 1. The van der Waals surface area contributed by atoms with Crippen molar-refractivity contribution >= 4 is 11.5 Å². The van der Waals surface area contributed by atoms with Crippen LogP contribution in [0.1, 0.15) is 30.5 Å². The van der Waals surface area contributed by atoms with Gasteiger partial charge in [0, 0.05) is 29.4 Å². The SMILES string of the molecule is CN(C)CCCNc1c2c(nc3cc(-c4cccc(F)c4)nn13)CCCC2. The molecule has 0 amide bonds. The Morgan fingerprint density at radius 1 is 1.19 bits per heavy atom. The van der Waals surface area contributed by atoms with Gasteiger partial charge in [-0.05, 0) is 64.9 Å². The molecule has 0 atom stereocenters. The molecule has 2 heterocycles. The summed E-state index contributed by atoms with van der Waals surface area (Å²) in [6, 6.07) is 8.52. The molecule has 1 aliphatic rings. The summed E-state index contributed by atoms with van der Waals surface area (Å²) in [5.41, 5.74) is 4.81. The molecular formula is C21H26FN5. The number of halogens is 1. The van der Waals surface area contributed by atoms with E-state index in [4.69, 9.17) is 10.1 Å². The average molecular weight is 367 g/mol. The van der Waals surface area contributed by atoms with Crippen molar-refractivity contribution in [2.24, 2.45) is 0 Å². The number of benzene rings is 1. The van der Waals surface area contributed by atoms with Gasteiger partial charge in [-0.25, -0.2) is 9.37 Å². The van der Waals surface area contributed by atoms with Crippen molar-refractivity contribution in [2.75, 3.05) is 32.5 Å². The molecule has 0 spiro atoms. The molecule has 3 aromatic rings. The Bertz CT molecular complexity index is 947. The van der Waals surface area contributed by atoms with E-state index >= 15 is 0 Å². The van der Waals surface area contributed by atoms with Crippen LogP contribution < -0.4 is 5.32 Å². The van der Waals surface area contributed by atoms with Gasteiger partial charge in [-0.1, -0.05) is 12.1 Å². The number of hydrogen-bond donors (Lipinski definition) is 1. The number of nitrogens with zero attached hydrogens (tertiary/aromatic N) is 4. The fourth-order valence-electron chi connectivity index (χ4n) is 3.72. The fraction of sp³-hybridized carbons (Fsp3) is 0.429. The van der Waals surface area contributed by atoms with Crippen LogP contribution in [0.15, 0.2) is 30.3 Å². The van der Waals surface area contributed by atoms with Crippen molar-refractivity contribution < 1.29 is 4.39 Å². The minimum absolute atomic E-state index is 0.251. The second-order valence-electron chi connectivity index (χ2n) is 7.49. The van der Waals surface area contributed by atoms with Crippen molar-refractivity contribution in [3.8, 4) is 11.3 Å². The Hall–Kier alpha value is -2.47. The maximum atomic E-state index is 13.6. The number of hydrogen-bond acceptors (Lipinski definition) is 4. The van der Waals surface area contributed by atoms with Gasteiger partial charge in [-0.2, -0.15) is 9.61 Å². The van der Waals surface area contributed by atoms with Crippen LogP contribution in [-0.2, 0) is 12.8 Å². The Kier molecular flexibility index (Phi) is 5.07. The van der Waals surface area contributed by atoms with Crippen molar-refractivity contribution in [3.63, 3.8) is 0 Å². The summed E-state index contributed by atoms with van der Waals surface area (Å²) in [6.07, 6.45) is 5.47. The molecule has 0 bridgehead atoms. The third-order valence-corrected chi connectivity index (χ3v) is 5.07. The van der Waals surface area contributed by atoms with E-state index in [0.717, 1.165) is 55.1 Å². The van der Waals surface area contributed by atoms with Gasteiger partial charge in [0.25, 0.3) is 0 Å². The van der Waals surface area contributed by atoms with Gasteiger partial charge in [0.15, 0.2) is 5.65 Å². The van der Waals surface area contributed by atoms with Crippen molar-refractivity contribution in [2.45, 2.75) is 32.1 Å². The van der Waals surface area contributed by atoms with E-state index in [1.807, 2.05) is 16.6 Å². The molecule has 0 saturated carbocycles. The van der Waals surface area contributed by atoms with Crippen LogP contribution in [-0.4, -0.2) is 46.7 Å². The molecule has 0 aliphatic heterocycles. The summed E-state index contributed by atoms with van der Waals surface area (Å²) in [7, 11) is 4.18. The first kappa shape index (κ1) is 17.9. The van der Waals surface area contributed by atoms with E-state index in [1.165, 1.54) is 36.2 Å². The minimum atomic E-state index is -0.251. The zero-order valence-electron chi connectivity index (χ0n) is 16.0. The molecule has 2 aromatic heterocycles. The monoisotopic (exact) mass is 367 g/mol.